The highest BCUT2D eigenvalue weighted by Crippen LogP contribution is 2.28. The molecule has 0 unspecified atom stereocenters. The second-order valence-corrected chi connectivity index (χ2v) is 8.00. The van der Waals surface area contributed by atoms with Crippen LogP contribution in [0.3, 0.4) is 0 Å². The molecule has 186 valence electrons. The number of fused-ring (bicyclic) bond motifs is 1. The number of ether oxygens (including phenoxy) is 2. The van der Waals surface area contributed by atoms with E-state index in [2.05, 4.69) is 26.6 Å². The zero-order valence-electron chi connectivity index (χ0n) is 20.8. The lowest BCUT2D eigenvalue weighted by Crippen LogP contribution is -2.25. The Morgan fingerprint density at radius 3 is 2.58 bits per heavy atom. The van der Waals surface area contributed by atoms with Crippen molar-refractivity contribution in [2.24, 2.45) is 14.1 Å². The van der Waals surface area contributed by atoms with E-state index < -0.39 is 5.83 Å². The summed E-state index contributed by atoms with van der Waals surface area (Å²) in [7, 11) is 6.57. The Morgan fingerprint density at radius 2 is 1.94 bits per heavy atom. The lowest BCUT2D eigenvalue weighted by atomic mass is 10.2. The minimum atomic E-state index is -0.666. The summed E-state index contributed by atoms with van der Waals surface area (Å²) in [5.74, 6) is 0.895. The number of rotatable bonds is 9. The van der Waals surface area contributed by atoms with Crippen LogP contribution in [0.1, 0.15) is 12.7 Å². The Kier molecular flexibility index (Phi) is 7.09. The molecule has 0 saturated carbocycles. The normalized spacial score (nSPS) is 12.4. The van der Waals surface area contributed by atoms with Crippen molar-refractivity contribution in [1.82, 2.24) is 34.3 Å². The molecule has 4 rings (SSSR count). The van der Waals surface area contributed by atoms with Crippen LogP contribution in [0.25, 0.3) is 22.4 Å². The summed E-state index contributed by atoms with van der Waals surface area (Å²) in [5, 5.41) is 4.19. The lowest BCUT2D eigenvalue weighted by Gasteiger charge is -2.25. The van der Waals surface area contributed by atoms with E-state index >= 15 is 4.39 Å². The van der Waals surface area contributed by atoms with Gasteiger partial charge in [0.05, 0.1) is 50.3 Å². The van der Waals surface area contributed by atoms with Gasteiger partial charge in [-0.05, 0) is 19.1 Å². The number of hydrogen-bond donors (Lipinski definition) is 0. The maximum atomic E-state index is 15.6. The van der Waals surface area contributed by atoms with E-state index in [9.17, 15) is 0 Å². The molecule has 0 atom stereocenters. The van der Waals surface area contributed by atoms with Gasteiger partial charge in [-0.3, -0.25) is 9.67 Å². The van der Waals surface area contributed by atoms with Gasteiger partial charge in [0.15, 0.2) is 17.2 Å². The number of allylic oxidation sites excluding steroid dienone is 3. The Morgan fingerprint density at radius 1 is 1.14 bits per heavy atom. The summed E-state index contributed by atoms with van der Waals surface area (Å²) in [4.78, 5) is 19.8. The molecule has 0 saturated heterocycles. The molecule has 0 spiro atoms. The van der Waals surface area contributed by atoms with Crippen LogP contribution < -0.4 is 4.90 Å². The molecular weight excluding hydrogens is 463 g/mol. The van der Waals surface area contributed by atoms with Crippen LogP contribution in [0.15, 0.2) is 78.8 Å². The number of nitrogens with zero attached hydrogens (tertiary/aromatic N) is 8. The Balaban J connectivity index is 1.80. The summed E-state index contributed by atoms with van der Waals surface area (Å²) >= 11 is 0. The van der Waals surface area contributed by atoms with Crippen molar-refractivity contribution in [2.75, 3.05) is 19.1 Å². The van der Waals surface area contributed by atoms with Crippen LogP contribution in [0.4, 0.5) is 10.2 Å². The van der Waals surface area contributed by atoms with Crippen LogP contribution in [-0.2, 0) is 30.1 Å². The number of aryl methyl sites for hydroxylation is 2. The first-order valence-electron chi connectivity index (χ1n) is 11.0. The molecule has 0 radical (unpaired) electrons. The molecular formula is C25H27FN8O2. The number of anilines is 1. The van der Waals surface area contributed by atoms with Crippen LogP contribution in [0.2, 0.25) is 0 Å². The third-order valence-corrected chi connectivity index (χ3v) is 5.56. The summed E-state index contributed by atoms with van der Waals surface area (Å²) in [5.41, 5.74) is 2.48. The van der Waals surface area contributed by atoms with Gasteiger partial charge in [-0.25, -0.2) is 19.3 Å². The molecule has 0 amide bonds. The van der Waals surface area contributed by atoms with Gasteiger partial charge in [0.1, 0.15) is 17.2 Å². The molecule has 0 aliphatic heterocycles. The van der Waals surface area contributed by atoms with Crippen molar-refractivity contribution < 1.29 is 13.9 Å². The Bertz CT molecular complexity index is 1470. The number of methoxy groups -OCH3 is 2. The van der Waals surface area contributed by atoms with Crippen LogP contribution in [0, 0.1) is 0 Å². The zero-order valence-corrected chi connectivity index (χ0v) is 20.8. The predicted molar refractivity (Wildman–Crippen MR) is 134 cm³/mol. The Hall–Kier alpha value is -4.54. The van der Waals surface area contributed by atoms with E-state index in [1.165, 1.54) is 20.3 Å². The summed E-state index contributed by atoms with van der Waals surface area (Å²) in [6, 6.07) is 3.52. The molecule has 0 bridgehead atoms. The van der Waals surface area contributed by atoms with E-state index in [-0.39, 0.29) is 18.0 Å². The van der Waals surface area contributed by atoms with Gasteiger partial charge in [-0.2, -0.15) is 5.10 Å². The number of hydrogen-bond acceptors (Lipinski definition) is 8. The molecule has 0 N–H and O–H groups in total. The molecule has 4 aromatic rings. The van der Waals surface area contributed by atoms with Gasteiger partial charge in [0, 0.05) is 44.3 Å². The van der Waals surface area contributed by atoms with Gasteiger partial charge >= 0.3 is 0 Å². The lowest BCUT2D eigenvalue weighted by molar-refractivity contribution is 0.270. The largest absolute Gasteiger partial charge is 0.501 e. The van der Waals surface area contributed by atoms with Crippen molar-refractivity contribution in [3.63, 3.8) is 0 Å². The van der Waals surface area contributed by atoms with E-state index in [1.807, 2.05) is 31.1 Å². The smallest absolute Gasteiger partial charge is 0.188 e. The van der Waals surface area contributed by atoms with Crippen LogP contribution >= 0.6 is 0 Å². The highest BCUT2D eigenvalue weighted by atomic mass is 19.1. The summed E-state index contributed by atoms with van der Waals surface area (Å²) in [6.07, 6.45) is 10.2. The Labute approximate surface area is 208 Å². The number of pyridine rings is 1. The topological polar surface area (TPSA) is 96.0 Å². The molecule has 0 aliphatic carbocycles. The maximum absolute atomic E-state index is 15.6. The fourth-order valence-electron chi connectivity index (χ4n) is 3.45. The zero-order chi connectivity index (χ0) is 25.8. The minimum Gasteiger partial charge on any atom is -0.501 e. The van der Waals surface area contributed by atoms with Gasteiger partial charge < -0.3 is 18.9 Å². The highest BCUT2D eigenvalue weighted by molar-refractivity contribution is 5.75. The number of imidazole rings is 1. The average molecular weight is 491 g/mol. The fraction of sp³-hybridized carbons (Fsp3) is 0.240. The molecule has 0 fully saturated rings. The van der Waals surface area contributed by atoms with E-state index in [1.54, 1.807) is 47.2 Å². The van der Waals surface area contributed by atoms with Gasteiger partial charge in [0.25, 0.3) is 0 Å². The SMILES string of the molecule is C=C(C(F)=C(C=C(C)OC)OC)N(Cc1nccn1C)c1ccc2ncc(-c3cnn(C)c3)nc2n1. The third-order valence-electron chi connectivity index (χ3n) is 5.56. The first kappa shape index (κ1) is 24.6. The standard InChI is InChI=1S/C25H27FN8O2/c1-16(35-5)11-21(36-6)24(26)17(2)34(15-23-27-9-10-32(23)3)22-8-7-19-25(31-22)30-20(13-28-19)18-12-29-33(4)14-18/h7-14H,2,15H2,1,3-6H3. The molecule has 0 aromatic carbocycles. The quantitative estimate of drug-likeness (QED) is 0.256. The summed E-state index contributed by atoms with van der Waals surface area (Å²) < 4.78 is 29.6. The van der Waals surface area contributed by atoms with Gasteiger partial charge in [0.2, 0.25) is 0 Å². The van der Waals surface area contributed by atoms with E-state index in [0.717, 1.165) is 5.56 Å². The fourth-order valence-corrected chi connectivity index (χ4v) is 3.45. The molecule has 36 heavy (non-hydrogen) atoms. The highest BCUT2D eigenvalue weighted by Gasteiger charge is 2.22. The van der Waals surface area contributed by atoms with E-state index in [4.69, 9.17) is 14.5 Å². The van der Waals surface area contributed by atoms with Gasteiger partial charge in [-0.1, -0.05) is 6.58 Å². The predicted octanol–water partition coefficient (Wildman–Crippen LogP) is 4.06. The number of aromatic nitrogens is 7. The molecule has 10 nitrogen and oxygen atoms in total. The molecule has 11 heteroatoms. The van der Waals surface area contributed by atoms with Crippen molar-refractivity contribution in [2.45, 2.75) is 13.5 Å². The second-order valence-electron chi connectivity index (χ2n) is 8.00. The van der Waals surface area contributed by atoms with Crippen molar-refractivity contribution in [1.29, 1.82) is 0 Å². The monoisotopic (exact) mass is 490 g/mol. The van der Waals surface area contributed by atoms with Crippen molar-refractivity contribution in [3.05, 3.63) is 84.6 Å². The average Bonchev–Trinajstić information content (AvgIpc) is 3.51. The summed E-state index contributed by atoms with van der Waals surface area (Å²) in [6.45, 7) is 5.91. The van der Waals surface area contributed by atoms with Crippen LogP contribution in [0.5, 0.6) is 0 Å². The van der Waals surface area contributed by atoms with Gasteiger partial charge in [-0.15, -0.1) is 0 Å². The second kappa shape index (κ2) is 10.4. The first-order chi connectivity index (χ1) is 17.3. The minimum absolute atomic E-state index is 0.0244. The van der Waals surface area contributed by atoms with Crippen molar-refractivity contribution >= 4 is 17.0 Å². The van der Waals surface area contributed by atoms with Crippen LogP contribution in [-0.4, -0.2) is 48.5 Å². The van der Waals surface area contributed by atoms with Crippen molar-refractivity contribution in [3.8, 4) is 11.3 Å². The maximum Gasteiger partial charge on any atom is 0.188 e. The molecule has 4 aromatic heterocycles. The number of halogens is 1. The first-order valence-corrected chi connectivity index (χ1v) is 11.0. The molecule has 0 aliphatic rings. The molecule has 4 heterocycles. The van der Waals surface area contributed by atoms with E-state index in [0.29, 0.717) is 34.3 Å². The third kappa shape index (κ3) is 5.09.